The Bertz CT molecular complexity index is 1160. The van der Waals surface area contributed by atoms with E-state index in [1.54, 1.807) is 0 Å². The molecule has 0 aliphatic heterocycles. The number of likely N-dealkylation sites (N-methyl/N-ethyl adjacent to an activating group) is 1. The Morgan fingerprint density at radius 3 is 1.32 bits per heavy atom. The predicted octanol–water partition coefficient (Wildman–Crippen LogP) is 14.2. The van der Waals surface area contributed by atoms with Gasteiger partial charge in [-0.05, 0) is 77.0 Å². The summed E-state index contributed by atoms with van der Waals surface area (Å²) in [5.41, 5.74) is 0. The van der Waals surface area contributed by atoms with E-state index in [0.717, 1.165) is 70.6 Å². The zero-order valence-electron chi connectivity index (χ0n) is 39.4. The van der Waals surface area contributed by atoms with E-state index in [-0.39, 0.29) is 32.0 Å². The van der Waals surface area contributed by atoms with E-state index in [2.05, 4.69) is 62.5 Å². The summed E-state index contributed by atoms with van der Waals surface area (Å²) in [6.45, 7) is 4.37. The van der Waals surface area contributed by atoms with Crippen LogP contribution in [0.3, 0.4) is 0 Å². The van der Waals surface area contributed by atoms with Crippen molar-refractivity contribution in [3.8, 4) is 0 Å². The second-order valence-electron chi connectivity index (χ2n) is 17.5. The number of nitrogens with zero attached hydrogens (tertiary/aromatic N) is 1. The van der Waals surface area contributed by atoms with Gasteiger partial charge < -0.3 is 18.9 Å². The Balaban J connectivity index is 4.31. The molecule has 0 aromatic carbocycles. The van der Waals surface area contributed by atoms with Crippen LogP contribution in [-0.2, 0) is 32.7 Å². The van der Waals surface area contributed by atoms with Crippen molar-refractivity contribution >= 4 is 19.8 Å². The van der Waals surface area contributed by atoms with Crippen molar-refractivity contribution in [3.05, 3.63) is 48.6 Å². The van der Waals surface area contributed by atoms with E-state index >= 15 is 0 Å². The first kappa shape index (κ1) is 58.0. The van der Waals surface area contributed by atoms with Crippen LogP contribution in [-0.4, -0.2) is 74.9 Å². The number of unbranched alkanes of at least 4 members (excludes halogenated alkanes) is 22. The molecule has 2 unspecified atom stereocenters. The summed E-state index contributed by atoms with van der Waals surface area (Å²) in [5, 5.41) is 0. The van der Waals surface area contributed by atoms with Gasteiger partial charge in [0.2, 0.25) is 0 Å². The molecule has 2 atom stereocenters. The van der Waals surface area contributed by atoms with Crippen LogP contribution in [0.15, 0.2) is 48.6 Å². The van der Waals surface area contributed by atoms with Crippen LogP contribution in [0.1, 0.15) is 206 Å². The summed E-state index contributed by atoms with van der Waals surface area (Å²) in [6, 6.07) is 0. The van der Waals surface area contributed by atoms with Gasteiger partial charge in [-0.15, -0.1) is 0 Å². The number of rotatable bonds is 44. The molecule has 0 saturated heterocycles. The monoisotopic (exact) mass is 867 g/mol. The maximum absolute atomic E-state index is 12.7. The molecule has 10 heteroatoms. The molecule has 0 heterocycles. The van der Waals surface area contributed by atoms with Gasteiger partial charge in [0.15, 0.2) is 6.10 Å². The van der Waals surface area contributed by atoms with Crippen molar-refractivity contribution in [2.24, 2.45) is 0 Å². The number of hydrogen-bond donors (Lipinski definition) is 1. The van der Waals surface area contributed by atoms with Crippen LogP contribution in [0.2, 0.25) is 0 Å². The second kappa shape index (κ2) is 42.3. The number of phosphoric ester groups is 1. The largest absolute Gasteiger partial charge is 0.472 e. The highest BCUT2D eigenvalue weighted by Crippen LogP contribution is 2.43. The molecular formula is C50H93NO8P+. The number of allylic oxidation sites excluding steroid dienone is 8. The Labute approximate surface area is 369 Å². The lowest BCUT2D eigenvalue weighted by molar-refractivity contribution is -0.870. The maximum Gasteiger partial charge on any atom is 0.472 e. The van der Waals surface area contributed by atoms with Crippen molar-refractivity contribution in [1.82, 2.24) is 0 Å². The minimum Gasteiger partial charge on any atom is -0.462 e. The third kappa shape index (κ3) is 45.5. The highest BCUT2D eigenvalue weighted by Gasteiger charge is 2.27. The van der Waals surface area contributed by atoms with Crippen LogP contribution in [0.4, 0.5) is 0 Å². The fourth-order valence-corrected chi connectivity index (χ4v) is 7.23. The van der Waals surface area contributed by atoms with E-state index in [9.17, 15) is 19.0 Å². The Hall–Kier alpha value is -2.03. The van der Waals surface area contributed by atoms with Gasteiger partial charge in [0.05, 0.1) is 27.7 Å². The van der Waals surface area contributed by atoms with E-state index < -0.39 is 26.5 Å². The molecule has 0 amide bonds. The first-order valence-electron chi connectivity index (χ1n) is 24.4. The average Bonchev–Trinajstić information content (AvgIpc) is 3.20. The van der Waals surface area contributed by atoms with E-state index in [1.165, 1.54) is 103 Å². The van der Waals surface area contributed by atoms with Crippen LogP contribution in [0.25, 0.3) is 0 Å². The maximum atomic E-state index is 12.7. The third-order valence-electron chi connectivity index (χ3n) is 10.3. The summed E-state index contributed by atoms with van der Waals surface area (Å²) in [7, 11) is 1.47. The standard InChI is InChI=1S/C50H92NO8P/c1-6-8-10-12-14-16-18-20-22-24-25-27-29-31-33-35-37-39-41-43-50(53)59-48(47-58-60(54,55)57-45-44-51(3,4)5)46-56-49(52)42-40-38-36-34-32-30-28-26-23-21-19-17-15-13-11-9-7-2/h14-17,20-23,48H,6-13,18-19,24-47H2,1-5H3/p+1/b16-14-,17-15-,22-20-,23-21-. The molecular weight excluding hydrogens is 774 g/mol. The molecule has 9 nitrogen and oxygen atoms in total. The number of esters is 2. The van der Waals surface area contributed by atoms with Crippen LogP contribution in [0.5, 0.6) is 0 Å². The lowest BCUT2D eigenvalue weighted by Gasteiger charge is -2.24. The predicted molar refractivity (Wildman–Crippen MR) is 252 cm³/mol. The molecule has 0 fully saturated rings. The first-order valence-corrected chi connectivity index (χ1v) is 25.9. The highest BCUT2D eigenvalue weighted by atomic mass is 31.2. The summed E-state index contributed by atoms with van der Waals surface area (Å²) in [5.74, 6) is -0.810. The third-order valence-corrected chi connectivity index (χ3v) is 11.3. The first-order chi connectivity index (χ1) is 29.0. The second-order valence-corrected chi connectivity index (χ2v) is 18.9. The van der Waals surface area contributed by atoms with Crippen molar-refractivity contribution in [1.29, 1.82) is 0 Å². The fraction of sp³-hybridized carbons (Fsp3) is 0.800. The molecule has 0 aromatic heterocycles. The van der Waals surface area contributed by atoms with E-state index in [4.69, 9.17) is 18.5 Å². The molecule has 0 aliphatic carbocycles. The topological polar surface area (TPSA) is 108 Å². The smallest absolute Gasteiger partial charge is 0.462 e. The van der Waals surface area contributed by atoms with Gasteiger partial charge in [-0.2, -0.15) is 0 Å². The average molecular weight is 867 g/mol. The normalized spacial score (nSPS) is 13.9. The van der Waals surface area contributed by atoms with E-state index in [1.807, 2.05) is 21.1 Å². The van der Waals surface area contributed by atoms with Crippen LogP contribution in [0, 0.1) is 0 Å². The Morgan fingerprint density at radius 2 is 0.900 bits per heavy atom. The SMILES string of the molecule is CCCCC/C=C\C/C=C\CCCCCCCCCCCC(=O)OC(COC(=O)CCCCCCCCC/C=C\C/C=C\CCCCC)COP(=O)(O)OCC[N+](C)(C)C. The summed E-state index contributed by atoms with van der Waals surface area (Å²) in [6.07, 6.45) is 50.1. The fourth-order valence-electron chi connectivity index (χ4n) is 6.49. The molecule has 0 saturated carbocycles. The number of carbonyl (C=O) groups excluding carboxylic acids is 2. The molecule has 0 spiro atoms. The van der Waals surface area contributed by atoms with E-state index in [0.29, 0.717) is 17.4 Å². The van der Waals surface area contributed by atoms with Gasteiger partial charge in [0.1, 0.15) is 19.8 Å². The summed E-state index contributed by atoms with van der Waals surface area (Å²) in [4.78, 5) is 35.5. The molecule has 0 aromatic rings. The summed E-state index contributed by atoms with van der Waals surface area (Å²) >= 11 is 0. The van der Waals surface area contributed by atoms with Gasteiger partial charge in [-0.3, -0.25) is 18.6 Å². The number of hydrogen-bond acceptors (Lipinski definition) is 7. The zero-order chi connectivity index (χ0) is 44.3. The number of carbonyl (C=O) groups is 2. The Kier molecular flexibility index (Phi) is 40.8. The molecule has 0 aliphatic rings. The van der Waals surface area contributed by atoms with Gasteiger partial charge in [0, 0.05) is 12.8 Å². The van der Waals surface area contributed by atoms with Crippen LogP contribution < -0.4 is 0 Å². The van der Waals surface area contributed by atoms with Crippen molar-refractivity contribution in [2.75, 3.05) is 47.5 Å². The molecule has 1 N–H and O–H groups in total. The molecule has 0 radical (unpaired) electrons. The van der Waals surface area contributed by atoms with Gasteiger partial charge in [0.25, 0.3) is 0 Å². The highest BCUT2D eigenvalue weighted by molar-refractivity contribution is 7.47. The Morgan fingerprint density at radius 1 is 0.517 bits per heavy atom. The van der Waals surface area contributed by atoms with Gasteiger partial charge in [-0.1, -0.05) is 165 Å². The molecule has 350 valence electrons. The minimum atomic E-state index is -4.38. The minimum absolute atomic E-state index is 0.0284. The number of ether oxygens (including phenoxy) is 2. The summed E-state index contributed by atoms with van der Waals surface area (Å²) < 4.78 is 34.4. The molecule has 0 bridgehead atoms. The lowest BCUT2D eigenvalue weighted by atomic mass is 10.1. The quantitative estimate of drug-likeness (QED) is 0.0212. The van der Waals surface area contributed by atoms with Crippen molar-refractivity contribution in [2.45, 2.75) is 213 Å². The van der Waals surface area contributed by atoms with Crippen molar-refractivity contribution in [3.63, 3.8) is 0 Å². The molecule has 60 heavy (non-hydrogen) atoms. The molecule has 0 rings (SSSR count). The lowest BCUT2D eigenvalue weighted by Crippen LogP contribution is -2.37. The zero-order valence-corrected chi connectivity index (χ0v) is 40.3. The number of quaternary nitrogens is 1. The van der Waals surface area contributed by atoms with Crippen LogP contribution >= 0.6 is 7.82 Å². The number of phosphoric acid groups is 1. The van der Waals surface area contributed by atoms with Gasteiger partial charge in [-0.25, -0.2) is 4.57 Å². The van der Waals surface area contributed by atoms with Crippen molar-refractivity contribution < 1.29 is 42.1 Å². The van der Waals surface area contributed by atoms with Gasteiger partial charge >= 0.3 is 19.8 Å².